The van der Waals surface area contributed by atoms with Crippen molar-refractivity contribution in [2.45, 2.75) is 20.3 Å². The van der Waals surface area contributed by atoms with Crippen LogP contribution in [0.15, 0.2) is 18.3 Å². The van der Waals surface area contributed by atoms with Crippen LogP contribution in [-0.2, 0) is 0 Å². The molecule has 0 aliphatic carbocycles. The van der Waals surface area contributed by atoms with E-state index in [0.717, 1.165) is 6.42 Å². The van der Waals surface area contributed by atoms with Gasteiger partial charge in [-0.1, -0.05) is 13.8 Å². The van der Waals surface area contributed by atoms with Crippen LogP contribution in [0.3, 0.4) is 0 Å². The quantitative estimate of drug-likeness (QED) is 0.732. The van der Waals surface area contributed by atoms with Crippen molar-refractivity contribution >= 4 is 0 Å². The van der Waals surface area contributed by atoms with Crippen molar-refractivity contribution in [2.75, 3.05) is 6.61 Å². The summed E-state index contributed by atoms with van der Waals surface area (Å²) in [5.74, 6) is 1.15. The average Bonchev–Trinajstić information content (AvgIpc) is 2.18. The summed E-state index contributed by atoms with van der Waals surface area (Å²) in [5, 5.41) is 8.64. The van der Waals surface area contributed by atoms with E-state index in [4.69, 9.17) is 10.00 Å². The normalized spacial score (nSPS) is 9.86. The second-order valence-corrected chi connectivity index (χ2v) is 3.53. The lowest BCUT2D eigenvalue weighted by atomic mass is 10.1. The Hall–Kier alpha value is -1.56. The SMILES string of the molecule is CC(C)CCOc1cc(C#N)ccn1. The van der Waals surface area contributed by atoms with Crippen LogP contribution in [0.25, 0.3) is 0 Å². The van der Waals surface area contributed by atoms with E-state index in [1.165, 1.54) is 0 Å². The Morgan fingerprint density at radius 2 is 2.36 bits per heavy atom. The van der Waals surface area contributed by atoms with Crippen molar-refractivity contribution in [3.8, 4) is 11.9 Å². The minimum Gasteiger partial charge on any atom is -0.478 e. The van der Waals surface area contributed by atoms with Crippen LogP contribution in [0.5, 0.6) is 5.88 Å². The van der Waals surface area contributed by atoms with Gasteiger partial charge in [0.25, 0.3) is 0 Å². The number of nitriles is 1. The highest BCUT2D eigenvalue weighted by Gasteiger charge is 1.98. The summed E-state index contributed by atoms with van der Waals surface area (Å²) in [6.07, 6.45) is 2.59. The molecule has 0 aliphatic heterocycles. The number of ether oxygens (including phenoxy) is 1. The van der Waals surface area contributed by atoms with Gasteiger partial charge in [0.15, 0.2) is 0 Å². The van der Waals surface area contributed by atoms with Crippen molar-refractivity contribution < 1.29 is 4.74 Å². The molecule has 0 unspecified atom stereocenters. The minimum absolute atomic E-state index is 0.532. The van der Waals surface area contributed by atoms with Crippen LogP contribution in [0.1, 0.15) is 25.8 Å². The molecule has 1 heterocycles. The highest BCUT2D eigenvalue weighted by molar-refractivity contribution is 5.31. The van der Waals surface area contributed by atoms with E-state index in [0.29, 0.717) is 24.0 Å². The van der Waals surface area contributed by atoms with E-state index in [-0.39, 0.29) is 0 Å². The molecule has 3 nitrogen and oxygen atoms in total. The van der Waals surface area contributed by atoms with E-state index < -0.39 is 0 Å². The highest BCUT2D eigenvalue weighted by Crippen LogP contribution is 2.09. The lowest BCUT2D eigenvalue weighted by Crippen LogP contribution is -2.02. The minimum atomic E-state index is 0.532. The zero-order valence-electron chi connectivity index (χ0n) is 8.53. The first kappa shape index (κ1) is 10.5. The summed E-state index contributed by atoms with van der Waals surface area (Å²) in [5.41, 5.74) is 0.583. The van der Waals surface area contributed by atoms with E-state index >= 15 is 0 Å². The molecule has 1 rings (SSSR count). The van der Waals surface area contributed by atoms with Gasteiger partial charge in [-0.25, -0.2) is 4.98 Å². The Labute approximate surface area is 84.3 Å². The molecule has 0 spiro atoms. The Bertz CT molecular complexity index is 328. The van der Waals surface area contributed by atoms with Gasteiger partial charge in [0.05, 0.1) is 18.2 Å². The van der Waals surface area contributed by atoms with Crippen molar-refractivity contribution in [1.82, 2.24) is 4.98 Å². The lowest BCUT2D eigenvalue weighted by molar-refractivity contribution is 0.279. The largest absolute Gasteiger partial charge is 0.478 e. The van der Waals surface area contributed by atoms with Gasteiger partial charge in [-0.05, 0) is 18.4 Å². The van der Waals surface area contributed by atoms with E-state index in [9.17, 15) is 0 Å². The van der Waals surface area contributed by atoms with Crippen molar-refractivity contribution in [1.29, 1.82) is 5.26 Å². The predicted octanol–water partition coefficient (Wildman–Crippen LogP) is 2.38. The summed E-state index contributed by atoms with van der Waals surface area (Å²) in [6.45, 7) is 4.94. The molecule has 0 aromatic carbocycles. The standard InChI is InChI=1S/C11H14N2O/c1-9(2)4-6-14-11-7-10(8-12)3-5-13-11/h3,5,7,9H,4,6H2,1-2H3. The first-order valence-corrected chi connectivity index (χ1v) is 4.71. The van der Waals surface area contributed by atoms with Crippen LogP contribution in [-0.4, -0.2) is 11.6 Å². The zero-order valence-corrected chi connectivity index (χ0v) is 8.53. The number of aromatic nitrogens is 1. The first-order valence-electron chi connectivity index (χ1n) is 4.71. The van der Waals surface area contributed by atoms with E-state index in [1.807, 2.05) is 6.07 Å². The molecule has 0 atom stereocenters. The summed E-state index contributed by atoms with van der Waals surface area (Å²) in [7, 11) is 0. The fourth-order valence-corrected chi connectivity index (χ4v) is 0.957. The van der Waals surface area contributed by atoms with Crippen molar-refractivity contribution in [3.05, 3.63) is 23.9 Å². The Balaban J connectivity index is 2.47. The molecule has 0 saturated carbocycles. The van der Waals surface area contributed by atoms with Gasteiger partial charge in [-0.3, -0.25) is 0 Å². The molecular weight excluding hydrogens is 176 g/mol. The van der Waals surface area contributed by atoms with E-state index in [2.05, 4.69) is 18.8 Å². The van der Waals surface area contributed by atoms with Crippen LogP contribution in [0.2, 0.25) is 0 Å². The summed E-state index contributed by atoms with van der Waals surface area (Å²) in [4.78, 5) is 4.01. The smallest absolute Gasteiger partial charge is 0.214 e. The molecule has 0 amide bonds. The second-order valence-electron chi connectivity index (χ2n) is 3.53. The van der Waals surface area contributed by atoms with Gasteiger partial charge in [0.2, 0.25) is 5.88 Å². The number of hydrogen-bond acceptors (Lipinski definition) is 3. The lowest BCUT2D eigenvalue weighted by Gasteiger charge is -2.06. The molecule has 0 radical (unpaired) electrons. The molecule has 3 heteroatoms. The van der Waals surface area contributed by atoms with Gasteiger partial charge < -0.3 is 4.74 Å². The Morgan fingerprint density at radius 1 is 1.57 bits per heavy atom. The summed E-state index contributed by atoms with van der Waals surface area (Å²) in [6, 6.07) is 5.36. The molecule has 0 saturated heterocycles. The fourth-order valence-electron chi connectivity index (χ4n) is 0.957. The number of rotatable bonds is 4. The molecule has 1 aromatic rings. The number of nitrogens with zero attached hydrogens (tertiary/aromatic N) is 2. The van der Waals surface area contributed by atoms with Gasteiger partial charge in [0.1, 0.15) is 0 Å². The van der Waals surface area contributed by atoms with Crippen LogP contribution >= 0.6 is 0 Å². The molecule has 1 aromatic heterocycles. The van der Waals surface area contributed by atoms with Gasteiger partial charge in [-0.15, -0.1) is 0 Å². The van der Waals surface area contributed by atoms with Crippen LogP contribution in [0.4, 0.5) is 0 Å². The number of pyridine rings is 1. The molecule has 0 N–H and O–H groups in total. The van der Waals surface area contributed by atoms with Crippen LogP contribution < -0.4 is 4.74 Å². The molecule has 74 valence electrons. The monoisotopic (exact) mass is 190 g/mol. The van der Waals surface area contributed by atoms with Gasteiger partial charge in [0, 0.05) is 12.3 Å². The Kier molecular flexibility index (Phi) is 3.93. The average molecular weight is 190 g/mol. The second kappa shape index (κ2) is 5.23. The Morgan fingerprint density at radius 3 is 3.00 bits per heavy atom. The maximum Gasteiger partial charge on any atom is 0.214 e. The molecule has 0 fully saturated rings. The number of hydrogen-bond donors (Lipinski definition) is 0. The maximum atomic E-state index is 8.64. The highest BCUT2D eigenvalue weighted by atomic mass is 16.5. The predicted molar refractivity (Wildman–Crippen MR) is 53.9 cm³/mol. The third-order valence-electron chi connectivity index (χ3n) is 1.81. The third kappa shape index (κ3) is 3.44. The van der Waals surface area contributed by atoms with Gasteiger partial charge in [-0.2, -0.15) is 5.26 Å². The fraction of sp³-hybridized carbons (Fsp3) is 0.455. The van der Waals surface area contributed by atoms with Crippen LogP contribution in [0, 0.1) is 17.2 Å². The summed E-state index contributed by atoms with van der Waals surface area (Å²) < 4.78 is 5.40. The van der Waals surface area contributed by atoms with Crippen molar-refractivity contribution in [3.63, 3.8) is 0 Å². The third-order valence-corrected chi connectivity index (χ3v) is 1.81. The van der Waals surface area contributed by atoms with E-state index in [1.54, 1.807) is 18.3 Å². The topological polar surface area (TPSA) is 45.9 Å². The van der Waals surface area contributed by atoms with Gasteiger partial charge >= 0.3 is 0 Å². The maximum absolute atomic E-state index is 8.64. The zero-order chi connectivity index (χ0) is 10.4. The van der Waals surface area contributed by atoms with Crippen molar-refractivity contribution in [2.24, 2.45) is 5.92 Å². The molecule has 14 heavy (non-hydrogen) atoms. The summed E-state index contributed by atoms with van der Waals surface area (Å²) >= 11 is 0. The molecule has 0 bridgehead atoms. The first-order chi connectivity index (χ1) is 6.72. The molecular formula is C11H14N2O. The molecule has 0 aliphatic rings.